The Labute approximate surface area is 183 Å². The van der Waals surface area contributed by atoms with Gasteiger partial charge >= 0.3 is 23.5 Å². The van der Waals surface area contributed by atoms with Crippen LogP contribution in [0.1, 0.15) is 11.3 Å². The molecular formula is C14H4Cl2F10N4OS. The molecule has 1 aromatic carbocycles. The Kier molecular flexibility index (Phi) is 6.72. The fourth-order valence-electron chi connectivity index (χ4n) is 2.05. The first-order valence-corrected chi connectivity index (χ1v) is 9.32. The minimum atomic E-state index is -6.79. The molecule has 2 aromatic rings. The zero-order valence-corrected chi connectivity index (χ0v) is 16.8. The molecule has 1 aromatic heterocycles. The van der Waals surface area contributed by atoms with Crippen molar-refractivity contribution >= 4 is 40.0 Å². The Balaban J connectivity index is 2.59. The SMILES string of the molecule is N#Cc1cc(NS(=O)C(F)(F)C(F)(F)C(F)(F)F)n(-c2c(Cl)cc(C(F)(F)F)cc2Cl)n1. The molecule has 0 amide bonds. The first-order valence-electron chi connectivity index (χ1n) is 7.42. The summed E-state index contributed by atoms with van der Waals surface area (Å²) in [4.78, 5) is 0. The van der Waals surface area contributed by atoms with E-state index < -0.39 is 67.3 Å². The molecule has 176 valence electrons. The zero-order valence-electron chi connectivity index (χ0n) is 14.4. The summed E-state index contributed by atoms with van der Waals surface area (Å²) in [6.45, 7) is 0. The molecule has 2 rings (SSSR count). The van der Waals surface area contributed by atoms with Crippen molar-refractivity contribution in [3.05, 3.63) is 39.5 Å². The molecule has 1 heterocycles. The van der Waals surface area contributed by atoms with Crippen molar-refractivity contribution in [2.45, 2.75) is 23.5 Å². The maximum atomic E-state index is 13.6. The normalized spacial score (nSPS) is 14.2. The van der Waals surface area contributed by atoms with Gasteiger partial charge in [0.2, 0.25) is 0 Å². The number of alkyl halides is 10. The van der Waals surface area contributed by atoms with Crippen LogP contribution in [0.25, 0.3) is 5.69 Å². The van der Waals surface area contributed by atoms with Gasteiger partial charge in [-0.2, -0.15) is 54.3 Å². The highest BCUT2D eigenvalue weighted by Crippen LogP contribution is 2.48. The Morgan fingerprint density at radius 1 is 0.969 bits per heavy atom. The van der Waals surface area contributed by atoms with Crippen LogP contribution in [0.5, 0.6) is 0 Å². The third kappa shape index (κ3) is 4.59. The fraction of sp³-hybridized carbons (Fsp3) is 0.286. The van der Waals surface area contributed by atoms with E-state index in [1.54, 1.807) is 0 Å². The van der Waals surface area contributed by atoms with Crippen LogP contribution in [0, 0.1) is 11.3 Å². The molecule has 1 unspecified atom stereocenters. The van der Waals surface area contributed by atoms with Crippen molar-refractivity contribution in [3.8, 4) is 11.8 Å². The van der Waals surface area contributed by atoms with Gasteiger partial charge in [-0.15, -0.1) is 0 Å². The van der Waals surface area contributed by atoms with E-state index in [0.29, 0.717) is 18.2 Å². The molecule has 18 heteroatoms. The molecule has 0 aliphatic rings. The summed E-state index contributed by atoms with van der Waals surface area (Å²) in [5.41, 5.74) is -2.78. The number of hydrogen-bond donors (Lipinski definition) is 1. The molecule has 5 nitrogen and oxygen atoms in total. The van der Waals surface area contributed by atoms with Gasteiger partial charge in [-0.1, -0.05) is 23.2 Å². The van der Waals surface area contributed by atoms with E-state index in [1.807, 2.05) is 0 Å². The lowest BCUT2D eigenvalue weighted by molar-refractivity contribution is -0.331. The van der Waals surface area contributed by atoms with Crippen molar-refractivity contribution < 1.29 is 48.1 Å². The number of hydrogen-bond acceptors (Lipinski definition) is 3. The van der Waals surface area contributed by atoms with Crippen LogP contribution in [0.4, 0.5) is 49.7 Å². The molecule has 0 aliphatic heterocycles. The van der Waals surface area contributed by atoms with E-state index in [4.69, 9.17) is 28.5 Å². The molecule has 1 N–H and O–H groups in total. The minimum Gasteiger partial charge on any atom is -0.284 e. The van der Waals surface area contributed by atoms with E-state index in [2.05, 4.69) is 5.10 Å². The van der Waals surface area contributed by atoms with Gasteiger partial charge in [0, 0.05) is 6.07 Å². The quantitative estimate of drug-likeness (QED) is 0.481. The maximum absolute atomic E-state index is 13.6. The molecule has 0 saturated carbocycles. The lowest BCUT2D eigenvalue weighted by Gasteiger charge is -2.27. The van der Waals surface area contributed by atoms with Gasteiger partial charge in [0.25, 0.3) is 0 Å². The van der Waals surface area contributed by atoms with E-state index in [-0.39, 0.29) is 4.68 Å². The van der Waals surface area contributed by atoms with Crippen molar-refractivity contribution in [2.24, 2.45) is 0 Å². The van der Waals surface area contributed by atoms with Crippen molar-refractivity contribution in [2.75, 3.05) is 4.72 Å². The minimum absolute atomic E-state index is 0.239. The largest absolute Gasteiger partial charge is 0.461 e. The highest BCUT2D eigenvalue weighted by molar-refractivity contribution is 7.87. The summed E-state index contributed by atoms with van der Waals surface area (Å²) in [7, 11) is -4.49. The van der Waals surface area contributed by atoms with Crippen LogP contribution in [-0.2, 0) is 17.2 Å². The fourth-order valence-corrected chi connectivity index (χ4v) is 3.51. The van der Waals surface area contributed by atoms with Crippen LogP contribution < -0.4 is 4.72 Å². The summed E-state index contributed by atoms with van der Waals surface area (Å²) in [6, 6.07) is 2.44. The standard InChI is InChI=1S/C14H4Cl2F10N4OS/c15-7-1-5(11(17,18)19)2-8(16)10(7)30-9(3-6(4-27)28-30)29-32(31)14(25,26)12(20,21)13(22,23)24/h1-3,29H. The predicted molar refractivity (Wildman–Crippen MR) is 91.0 cm³/mol. The molecule has 1 atom stereocenters. The second-order valence-electron chi connectivity index (χ2n) is 5.68. The van der Waals surface area contributed by atoms with Crippen LogP contribution in [-0.4, -0.2) is 31.3 Å². The number of benzene rings is 1. The Morgan fingerprint density at radius 3 is 1.88 bits per heavy atom. The van der Waals surface area contributed by atoms with E-state index in [1.165, 1.54) is 6.07 Å². The lowest BCUT2D eigenvalue weighted by atomic mass is 10.2. The molecule has 32 heavy (non-hydrogen) atoms. The van der Waals surface area contributed by atoms with Gasteiger partial charge in [-0.3, -0.25) is 4.72 Å². The number of nitrogens with one attached hydrogen (secondary N) is 1. The van der Waals surface area contributed by atoms with Crippen molar-refractivity contribution in [1.29, 1.82) is 5.26 Å². The molecule has 0 radical (unpaired) electrons. The number of halogens is 12. The third-order valence-electron chi connectivity index (χ3n) is 3.53. The number of anilines is 1. The summed E-state index contributed by atoms with van der Waals surface area (Å²) >= 11 is 11.4. The molecule has 0 saturated heterocycles. The topological polar surface area (TPSA) is 70.7 Å². The summed E-state index contributed by atoms with van der Waals surface area (Å²) < 4.78 is 142. The number of nitrogens with zero attached hydrogens (tertiary/aromatic N) is 3. The van der Waals surface area contributed by atoms with Crippen LogP contribution >= 0.6 is 23.2 Å². The van der Waals surface area contributed by atoms with Gasteiger partial charge in [-0.25, -0.2) is 8.89 Å². The average Bonchev–Trinajstić information content (AvgIpc) is 3.01. The van der Waals surface area contributed by atoms with Crippen molar-refractivity contribution in [1.82, 2.24) is 9.78 Å². The monoisotopic (exact) mass is 536 g/mol. The average molecular weight is 537 g/mol. The third-order valence-corrected chi connectivity index (χ3v) is 5.22. The first-order chi connectivity index (χ1) is 14.3. The molecule has 0 spiro atoms. The molecule has 0 fully saturated rings. The van der Waals surface area contributed by atoms with Gasteiger partial charge in [0.15, 0.2) is 16.7 Å². The first kappa shape index (κ1) is 26.0. The number of rotatable bonds is 5. The zero-order chi connectivity index (χ0) is 24.9. The molecule has 0 aliphatic carbocycles. The molecule has 0 bridgehead atoms. The Morgan fingerprint density at radius 2 is 1.47 bits per heavy atom. The van der Waals surface area contributed by atoms with Crippen LogP contribution in [0.15, 0.2) is 18.2 Å². The van der Waals surface area contributed by atoms with Crippen molar-refractivity contribution in [3.63, 3.8) is 0 Å². The summed E-state index contributed by atoms with van der Waals surface area (Å²) in [5, 5.41) is 4.40. The van der Waals surface area contributed by atoms with Gasteiger partial charge in [-0.05, 0) is 12.1 Å². The van der Waals surface area contributed by atoms with Gasteiger partial charge in [0.05, 0.1) is 15.6 Å². The van der Waals surface area contributed by atoms with E-state index in [0.717, 1.165) is 4.72 Å². The van der Waals surface area contributed by atoms with Gasteiger partial charge in [0.1, 0.15) is 17.6 Å². The Bertz CT molecular complexity index is 1080. The molecular weight excluding hydrogens is 533 g/mol. The summed E-state index contributed by atoms with van der Waals surface area (Å²) in [6.07, 6.45) is -11.7. The number of nitriles is 1. The second-order valence-corrected chi connectivity index (χ2v) is 7.75. The van der Waals surface area contributed by atoms with Crippen LogP contribution in [0.2, 0.25) is 10.0 Å². The maximum Gasteiger partial charge on any atom is 0.461 e. The highest BCUT2D eigenvalue weighted by atomic mass is 35.5. The van der Waals surface area contributed by atoms with Crippen LogP contribution in [0.3, 0.4) is 0 Å². The van der Waals surface area contributed by atoms with E-state index >= 15 is 0 Å². The summed E-state index contributed by atoms with van der Waals surface area (Å²) in [5.74, 6) is -7.81. The smallest absolute Gasteiger partial charge is 0.284 e. The number of aromatic nitrogens is 2. The van der Waals surface area contributed by atoms with E-state index in [9.17, 15) is 48.1 Å². The predicted octanol–water partition coefficient (Wildman–Crippen LogP) is 5.94. The highest BCUT2D eigenvalue weighted by Gasteiger charge is 2.76. The second kappa shape index (κ2) is 8.27. The lowest BCUT2D eigenvalue weighted by Crippen LogP contribution is -2.55. The van der Waals surface area contributed by atoms with Gasteiger partial charge < -0.3 is 0 Å². The Hall–Kier alpha value is -2.25.